The van der Waals surface area contributed by atoms with E-state index in [1.807, 2.05) is 0 Å². The van der Waals surface area contributed by atoms with Crippen molar-refractivity contribution >= 4 is 11.2 Å². The van der Waals surface area contributed by atoms with Crippen LogP contribution in [0.5, 0.6) is 0 Å². The van der Waals surface area contributed by atoms with E-state index in [1.54, 1.807) is 0 Å². The van der Waals surface area contributed by atoms with Gasteiger partial charge in [-0.1, -0.05) is 0 Å². The molecule has 0 aliphatic heterocycles. The molecule has 0 N–H and O–H groups in total. The number of aromatic nitrogens is 3. The van der Waals surface area contributed by atoms with Gasteiger partial charge < -0.3 is 0 Å². The molecule has 2 aromatic rings. The zero-order valence-electron chi connectivity index (χ0n) is 7.24. The van der Waals surface area contributed by atoms with E-state index in [2.05, 4.69) is 9.97 Å². The molecule has 0 aromatic carbocycles. The Labute approximate surface area is 81.4 Å². The van der Waals surface area contributed by atoms with E-state index in [9.17, 15) is 17.6 Å². The van der Waals surface area contributed by atoms with Gasteiger partial charge in [-0.25, -0.2) is 18.7 Å². The largest absolute Gasteiger partial charge is 0.390 e. The van der Waals surface area contributed by atoms with Crippen LogP contribution in [0.4, 0.5) is 17.6 Å². The zero-order chi connectivity index (χ0) is 11.1. The summed E-state index contributed by atoms with van der Waals surface area (Å²) in [5.41, 5.74) is -0.111. The first-order valence-electron chi connectivity index (χ1n) is 3.98. The molecule has 15 heavy (non-hydrogen) atoms. The van der Waals surface area contributed by atoms with Crippen molar-refractivity contribution in [3.63, 3.8) is 0 Å². The molecule has 0 unspecified atom stereocenters. The highest BCUT2D eigenvalue weighted by atomic mass is 19.3. The van der Waals surface area contributed by atoms with Crippen LogP contribution in [0.1, 0.15) is 0 Å². The minimum atomic E-state index is -4.27. The van der Waals surface area contributed by atoms with Crippen molar-refractivity contribution in [2.24, 2.45) is 0 Å². The summed E-state index contributed by atoms with van der Waals surface area (Å²) in [6.07, 6.45) is -1.78. The Morgan fingerprint density at radius 1 is 1.27 bits per heavy atom. The highest BCUT2D eigenvalue weighted by Gasteiger charge is 2.43. The number of nitrogens with zero attached hydrogens (tertiary/aromatic N) is 3. The van der Waals surface area contributed by atoms with E-state index < -0.39 is 12.5 Å². The quantitative estimate of drug-likeness (QED) is 0.725. The third-order valence-corrected chi connectivity index (χ3v) is 1.90. The fraction of sp³-hybridized carbons (Fsp3) is 0.250. The number of imidazole rings is 1. The third kappa shape index (κ3) is 1.43. The maximum Gasteiger partial charge on any atom is 0.390 e. The lowest BCUT2D eigenvalue weighted by Crippen LogP contribution is -2.30. The van der Waals surface area contributed by atoms with Crippen molar-refractivity contribution in [1.82, 2.24) is 14.5 Å². The van der Waals surface area contributed by atoms with Gasteiger partial charge in [0, 0.05) is 6.20 Å². The Morgan fingerprint density at radius 2 is 2.00 bits per heavy atom. The van der Waals surface area contributed by atoms with Gasteiger partial charge in [-0.2, -0.15) is 8.78 Å². The molecule has 0 saturated heterocycles. The van der Waals surface area contributed by atoms with Crippen molar-refractivity contribution in [2.45, 2.75) is 12.5 Å². The van der Waals surface area contributed by atoms with Gasteiger partial charge in [0.05, 0.1) is 5.52 Å². The Hall–Kier alpha value is -1.66. The van der Waals surface area contributed by atoms with Gasteiger partial charge in [0.25, 0.3) is 0 Å². The molecule has 0 aliphatic rings. The van der Waals surface area contributed by atoms with Gasteiger partial charge in [0.15, 0.2) is 5.65 Å². The van der Waals surface area contributed by atoms with Gasteiger partial charge in [-0.3, -0.25) is 4.57 Å². The van der Waals surface area contributed by atoms with Crippen LogP contribution >= 0.6 is 0 Å². The van der Waals surface area contributed by atoms with Crippen LogP contribution in [0.15, 0.2) is 24.7 Å². The van der Waals surface area contributed by atoms with Gasteiger partial charge >= 0.3 is 12.5 Å². The van der Waals surface area contributed by atoms with Crippen molar-refractivity contribution in [2.75, 3.05) is 0 Å². The second-order valence-electron chi connectivity index (χ2n) is 2.85. The van der Waals surface area contributed by atoms with Crippen LogP contribution < -0.4 is 0 Å². The minimum absolute atomic E-state index is 0.0119. The average molecular weight is 219 g/mol. The van der Waals surface area contributed by atoms with Gasteiger partial charge in [-0.05, 0) is 12.1 Å². The smallest absolute Gasteiger partial charge is 0.264 e. The number of fused-ring (bicyclic) bond motifs is 1. The molecule has 0 atom stereocenters. The lowest BCUT2D eigenvalue weighted by Gasteiger charge is -2.16. The highest BCUT2D eigenvalue weighted by molar-refractivity contribution is 5.70. The zero-order valence-corrected chi connectivity index (χ0v) is 7.24. The molecule has 2 heterocycles. The van der Waals surface area contributed by atoms with Gasteiger partial charge in [-0.15, -0.1) is 0 Å². The summed E-state index contributed by atoms with van der Waals surface area (Å²) in [5.74, 6) is 0. The summed E-state index contributed by atoms with van der Waals surface area (Å²) in [4.78, 5) is 7.17. The molecule has 0 aliphatic carbocycles. The maximum absolute atomic E-state index is 13.0. The Kier molecular flexibility index (Phi) is 2.09. The molecular formula is C8H5F4N3. The monoisotopic (exact) mass is 219 g/mol. The molecule has 2 rings (SSSR count). The molecule has 0 saturated carbocycles. The lowest BCUT2D eigenvalue weighted by molar-refractivity contribution is -0.187. The third-order valence-electron chi connectivity index (χ3n) is 1.90. The first-order chi connectivity index (χ1) is 7.03. The molecule has 0 bridgehead atoms. The molecule has 0 fully saturated rings. The number of halogens is 4. The SMILES string of the molecule is FC(F)C(F)(F)n1cnc2ncccc21. The number of pyridine rings is 1. The first-order valence-corrected chi connectivity index (χ1v) is 3.98. The summed E-state index contributed by atoms with van der Waals surface area (Å²) in [6.45, 7) is 0. The second kappa shape index (κ2) is 3.18. The Bertz CT molecular complexity index is 479. The molecule has 2 aromatic heterocycles. The minimum Gasteiger partial charge on any atom is -0.264 e. The molecule has 7 heteroatoms. The van der Waals surface area contributed by atoms with E-state index in [-0.39, 0.29) is 15.7 Å². The van der Waals surface area contributed by atoms with E-state index in [0.29, 0.717) is 6.33 Å². The molecule has 80 valence electrons. The molecular weight excluding hydrogens is 214 g/mol. The van der Waals surface area contributed by atoms with Crippen molar-refractivity contribution in [3.8, 4) is 0 Å². The number of hydrogen-bond donors (Lipinski definition) is 0. The number of alkyl halides is 4. The van der Waals surface area contributed by atoms with Crippen LogP contribution in [0.25, 0.3) is 11.2 Å². The topological polar surface area (TPSA) is 30.7 Å². The first kappa shape index (κ1) is 9.88. The Morgan fingerprint density at radius 3 is 2.67 bits per heavy atom. The van der Waals surface area contributed by atoms with Crippen molar-refractivity contribution < 1.29 is 17.6 Å². The van der Waals surface area contributed by atoms with Crippen molar-refractivity contribution in [1.29, 1.82) is 0 Å². The predicted octanol–water partition coefficient (Wildman–Crippen LogP) is 2.25. The van der Waals surface area contributed by atoms with Crippen LogP contribution in [0.2, 0.25) is 0 Å². The second-order valence-corrected chi connectivity index (χ2v) is 2.85. The Balaban J connectivity index is 2.62. The lowest BCUT2D eigenvalue weighted by atomic mass is 10.4. The van der Waals surface area contributed by atoms with E-state index >= 15 is 0 Å². The summed E-state index contributed by atoms with van der Waals surface area (Å²) < 4.78 is 50.3. The average Bonchev–Trinajstić information content (AvgIpc) is 2.61. The molecule has 0 spiro atoms. The fourth-order valence-corrected chi connectivity index (χ4v) is 1.19. The predicted molar refractivity (Wildman–Crippen MR) is 43.7 cm³/mol. The van der Waals surface area contributed by atoms with Crippen LogP contribution in [-0.2, 0) is 6.05 Å². The normalized spacial score (nSPS) is 12.6. The summed E-state index contributed by atoms with van der Waals surface area (Å²) in [7, 11) is 0. The molecule has 3 nitrogen and oxygen atoms in total. The van der Waals surface area contributed by atoms with Crippen LogP contribution in [0.3, 0.4) is 0 Å². The van der Waals surface area contributed by atoms with E-state index in [1.165, 1.54) is 18.3 Å². The summed E-state index contributed by atoms with van der Waals surface area (Å²) >= 11 is 0. The highest BCUT2D eigenvalue weighted by Crippen LogP contribution is 2.31. The van der Waals surface area contributed by atoms with Crippen molar-refractivity contribution in [3.05, 3.63) is 24.7 Å². The molecule has 0 amide bonds. The number of hydrogen-bond acceptors (Lipinski definition) is 2. The summed E-state index contributed by atoms with van der Waals surface area (Å²) in [6, 6.07) is -1.63. The van der Waals surface area contributed by atoms with Crippen LogP contribution in [-0.4, -0.2) is 21.0 Å². The van der Waals surface area contributed by atoms with Gasteiger partial charge in [0.1, 0.15) is 6.33 Å². The van der Waals surface area contributed by atoms with Gasteiger partial charge in [0.2, 0.25) is 0 Å². The fourth-order valence-electron chi connectivity index (χ4n) is 1.19. The maximum atomic E-state index is 13.0. The standard InChI is InChI=1S/C8H5F4N3/c9-7(10)8(11,12)15-4-14-6-5(15)2-1-3-13-6/h1-4,7H. The molecule has 0 radical (unpaired) electrons. The van der Waals surface area contributed by atoms with Crippen LogP contribution in [0, 0.1) is 0 Å². The van der Waals surface area contributed by atoms with E-state index in [4.69, 9.17) is 0 Å². The number of rotatable bonds is 2. The summed E-state index contributed by atoms with van der Waals surface area (Å²) in [5, 5.41) is 0. The van der Waals surface area contributed by atoms with E-state index in [0.717, 1.165) is 0 Å².